The fourth-order valence-electron chi connectivity index (χ4n) is 2.83. The minimum absolute atomic E-state index is 0. The maximum atomic E-state index is 11.9. The zero-order valence-corrected chi connectivity index (χ0v) is 22.8. The summed E-state index contributed by atoms with van der Waals surface area (Å²) in [5.41, 5.74) is 0. The normalized spacial score (nSPS) is 12.1. The van der Waals surface area contributed by atoms with Crippen LogP contribution < -0.4 is 0 Å². The summed E-state index contributed by atoms with van der Waals surface area (Å²) >= 11 is 0. The van der Waals surface area contributed by atoms with E-state index in [0.717, 1.165) is 19.3 Å². The first-order valence-corrected chi connectivity index (χ1v) is 12.7. The van der Waals surface area contributed by atoms with Gasteiger partial charge in [-0.2, -0.15) is 8.42 Å². The van der Waals surface area contributed by atoms with E-state index in [9.17, 15) is 22.6 Å². The summed E-state index contributed by atoms with van der Waals surface area (Å²) < 4.78 is 51.8. The number of esters is 2. The van der Waals surface area contributed by atoms with Gasteiger partial charge in [0, 0.05) is 36.7 Å². The third kappa shape index (κ3) is 20.4. The number of unbranched alkanes of at least 4 members (excludes halogenated alkanes) is 9. The second kappa shape index (κ2) is 22.6. The van der Waals surface area contributed by atoms with Crippen LogP contribution in [-0.4, -0.2) is 99.9 Å². The minimum Gasteiger partial charge on any atom is -0.466 e. The summed E-state index contributed by atoms with van der Waals surface area (Å²) in [6.45, 7) is 2.84. The standard InChI is InChI=1S/C21H40O9S.Na/c1-3-4-5-6-7-8-9-10-11-12-13-29-20(22)18-19(31(24,25)26)21(23)30-17-16-28-15-14-27-2;/h19H,3-18H2,1-2H3,(H,24,25,26);. The number of rotatable bonds is 21. The van der Waals surface area contributed by atoms with Gasteiger partial charge >= 0.3 is 11.9 Å². The smallest absolute Gasteiger partial charge is 0.327 e. The molecule has 0 saturated carbocycles. The Morgan fingerprint density at radius 1 is 0.781 bits per heavy atom. The van der Waals surface area contributed by atoms with Crippen molar-refractivity contribution in [1.29, 1.82) is 0 Å². The fraction of sp³-hybridized carbons (Fsp3) is 0.905. The average molecular weight is 492 g/mol. The number of carbonyl (C=O) groups excluding carboxylic acids is 2. The molecule has 32 heavy (non-hydrogen) atoms. The van der Waals surface area contributed by atoms with E-state index in [2.05, 4.69) is 6.92 Å². The second-order valence-corrected chi connectivity index (χ2v) is 8.98. The third-order valence-corrected chi connectivity index (χ3v) is 5.72. The monoisotopic (exact) mass is 491 g/mol. The summed E-state index contributed by atoms with van der Waals surface area (Å²) in [7, 11) is -3.29. The van der Waals surface area contributed by atoms with Gasteiger partial charge in [0.1, 0.15) is 6.61 Å². The molecule has 0 rings (SSSR count). The van der Waals surface area contributed by atoms with E-state index < -0.39 is 33.7 Å². The van der Waals surface area contributed by atoms with Gasteiger partial charge in [-0.05, 0) is 6.42 Å². The molecule has 0 bridgehead atoms. The van der Waals surface area contributed by atoms with E-state index in [1.807, 2.05) is 0 Å². The van der Waals surface area contributed by atoms with Crippen LogP contribution in [0.4, 0.5) is 0 Å². The number of methoxy groups -OCH3 is 1. The second-order valence-electron chi connectivity index (χ2n) is 7.38. The predicted octanol–water partition coefficient (Wildman–Crippen LogP) is 2.92. The van der Waals surface area contributed by atoms with Gasteiger partial charge in [-0.1, -0.05) is 64.7 Å². The molecule has 1 N–H and O–H groups in total. The van der Waals surface area contributed by atoms with E-state index in [1.54, 1.807) is 0 Å². The van der Waals surface area contributed by atoms with Crippen molar-refractivity contribution in [3.05, 3.63) is 0 Å². The maximum absolute atomic E-state index is 11.9. The fourth-order valence-corrected chi connectivity index (χ4v) is 3.49. The SMILES string of the molecule is CCCCCCCCCCCCOC(=O)CC(C(=O)OCCOCCOC)S(=O)(=O)O.[Na]. The molecular formula is C21H40NaO9S. The van der Waals surface area contributed by atoms with E-state index in [-0.39, 0.29) is 49.4 Å². The quantitative estimate of drug-likeness (QED) is 0.112. The van der Waals surface area contributed by atoms with Crippen molar-refractivity contribution in [3.63, 3.8) is 0 Å². The Kier molecular flexibility index (Phi) is 23.9. The molecule has 0 fully saturated rings. The zero-order valence-electron chi connectivity index (χ0n) is 20.0. The van der Waals surface area contributed by atoms with Crippen molar-refractivity contribution in [2.75, 3.05) is 40.1 Å². The molecule has 0 spiro atoms. The maximum Gasteiger partial charge on any atom is 0.327 e. The Balaban J connectivity index is 0. The summed E-state index contributed by atoms with van der Waals surface area (Å²) in [6.07, 6.45) is 10.6. The first-order valence-electron chi connectivity index (χ1n) is 11.2. The first kappa shape index (κ1) is 33.9. The summed E-state index contributed by atoms with van der Waals surface area (Å²) in [5, 5.41) is -2.01. The molecule has 1 radical (unpaired) electrons. The van der Waals surface area contributed by atoms with Crippen molar-refractivity contribution in [1.82, 2.24) is 0 Å². The van der Waals surface area contributed by atoms with Crippen LogP contribution in [0, 0.1) is 0 Å². The molecule has 0 saturated heterocycles. The molecule has 0 amide bonds. The van der Waals surface area contributed by atoms with E-state index in [0.29, 0.717) is 19.6 Å². The predicted molar refractivity (Wildman–Crippen MR) is 122 cm³/mol. The molecule has 0 aromatic heterocycles. The van der Waals surface area contributed by atoms with E-state index in [4.69, 9.17) is 18.9 Å². The van der Waals surface area contributed by atoms with Crippen LogP contribution in [0.15, 0.2) is 0 Å². The first-order chi connectivity index (χ1) is 14.8. The molecule has 0 aliphatic rings. The van der Waals surface area contributed by atoms with Crippen molar-refractivity contribution in [2.24, 2.45) is 0 Å². The van der Waals surface area contributed by atoms with Crippen molar-refractivity contribution >= 4 is 51.6 Å². The van der Waals surface area contributed by atoms with Crippen LogP contribution >= 0.6 is 0 Å². The molecule has 9 nitrogen and oxygen atoms in total. The molecule has 0 aliphatic heterocycles. The minimum atomic E-state index is -4.80. The molecule has 0 aromatic carbocycles. The molecule has 11 heteroatoms. The number of carbonyl (C=O) groups is 2. The molecule has 1 unspecified atom stereocenters. The van der Waals surface area contributed by atoms with Crippen LogP contribution in [0.1, 0.15) is 77.6 Å². The van der Waals surface area contributed by atoms with Gasteiger partial charge in [0.05, 0.1) is 32.8 Å². The molecular weight excluding hydrogens is 451 g/mol. The Bertz CT molecular complexity index is 570. The average Bonchev–Trinajstić information content (AvgIpc) is 2.71. The van der Waals surface area contributed by atoms with Crippen LogP contribution in [-0.2, 0) is 38.7 Å². The molecule has 185 valence electrons. The van der Waals surface area contributed by atoms with E-state index >= 15 is 0 Å². The van der Waals surface area contributed by atoms with Crippen LogP contribution in [0.5, 0.6) is 0 Å². The molecule has 0 aliphatic carbocycles. The van der Waals surface area contributed by atoms with Gasteiger partial charge in [-0.15, -0.1) is 0 Å². The van der Waals surface area contributed by atoms with Crippen molar-refractivity contribution < 1.29 is 41.5 Å². The van der Waals surface area contributed by atoms with Gasteiger partial charge in [0.2, 0.25) is 0 Å². The Morgan fingerprint density at radius 3 is 1.84 bits per heavy atom. The Morgan fingerprint density at radius 2 is 1.31 bits per heavy atom. The molecule has 1 atom stereocenters. The zero-order chi connectivity index (χ0) is 23.4. The van der Waals surface area contributed by atoms with Gasteiger partial charge in [0.15, 0.2) is 5.25 Å². The van der Waals surface area contributed by atoms with Crippen LogP contribution in [0.2, 0.25) is 0 Å². The molecule has 0 heterocycles. The van der Waals surface area contributed by atoms with E-state index in [1.165, 1.54) is 45.6 Å². The topological polar surface area (TPSA) is 125 Å². The van der Waals surface area contributed by atoms with Crippen LogP contribution in [0.3, 0.4) is 0 Å². The van der Waals surface area contributed by atoms with Crippen molar-refractivity contribution in [2.45, 2.75) is 82.8 Å². The third-order valence-electron chi connectivity index (χ3n) is 4.64. The van der Waals surface area contributed by atoms with Gasteiger partial charge < -0.3 is 18.9 Å². The number of ether oxygens (including phenoxy) is 4. The van der Waals surface area contributed by atoms with Gasteiger partial charge in [-0.25, -0.2) is 0 Å². The van der Waals surface area contributed by atoms with Crippen LogP contribution in [0.25, 0.3) is 0 Å². The summed E-state index contributed by atoms with van der Waals surface area (Å²) in [6, 6.07) is 0. The largest absolute Gasteiger partial charge is 0.466 e. The molecule has 0 aromatic rings. The Hall–Kier alpha value is -0.230. The number of hydrogen-bond donors (Lipinski definition) is 1. The van der Waals surface area contributed by atoms with Gasteiger partial charge in [-0.3, -0.25) is 14.1 Å². The number of hydrogen-bond acceptors (Lipinski definition) is 8. The van der Waals surface area contributed by atoms with Gasteiger partial charge in [0.25, 0.3) is 10.1 Å². The Labute approximate surface area is 215 Å². The summed E-state index contributed by atoms with van der Waals surface area (Å²) in [5.74, 6) is -2.08. The van der Waals surface area contributed by atoms with Crippen molar-refractivity contribution in [3.8, 4) is 0 Å². The summed E-state index contributed by atoms with van der Waals surface area (Å²) in [4.78, 5) is 23.8.